The van der Waals surface area contributed by atoms with Gasteiger partial charge in [-0.15, -0.1) is 3.38 Å². The molecule has 0 saturated heterocycles. The van der Waals surface area contributed by atoms with Crippen LogP contribution in [0.3, 0.4) is 0 Å². The molecule has 0 radical (unpaired) electrons. The van der Waals surface area contributed by atoms with Crippen molar-refractivity contribution in [3.63, 3.8) is 0 Å². The Kier molecular flexibility index (Phi) is 7.26. The summed E-state index contributed by atoms with van der Waals surface area (Å²) in [6.07, 6.45) is 0. The molecule has 0 amide bonds. The van der Waals surface area contributed by atoms with Crippen molar-refractivity contribution in [2.75, 3.05) is 0 Å². The van der Waals surface area contributed by atoms with Gasteiger partial charge in [0.05, 0.1) is 22.8 Å². The topological polar surface area (TPSA) is 71.5 Å². The Labute approximate surface area is 166 Å². The molecule has 5 nitrogen and oxygen atoms in total. The van der Waals surface area contributed by atoms with Crippen LogP contribution in [0.4, 0.5) is 26.3 Å². The van der Waals surface area contributed by atoms with Gasteiger partial charge in [-0.2, -0.15) is 26.3 Å². The molecule has 0 bridgehead atoms. The van der Waals surface area contributed by atoms with E-state index in [0.717, 1.165) is 0 Å². The van der Waals surface area contributed by atoms with Gasteiger partial charge in [-0.05, 0) is 0 Å². The lowest BCUT2D eigenvalue weighted by molar-refractivity contribution is -0.0508. The molecule has 170 valence electrons. The van der Waals surface area contributed by atoms with Crippen molar-refractivity contribution in [2.24, 2.45) is 0 Å². The molecule has 0 N–H and O–H groups in total. The Hall–Kier alpha value is 0.308. The number of nitrogens with zero attached hydrogens (tertiary/aromatic N) is 1. The van der Waals surface area contributed by atoms with E-state index in [0.29, 0.717) is 0 Å². The Morgan fingerprint density at radius 3 is 0.821 bits per heavy atom. The van der Waals surface area contributed by atoms with E-state index in [9.17, 15) is 43.2 Å². The van der Waals surface area contributed by atoms with Crippen LogP contribution in [0, 0.1) is 0 Å². The Balaban J connectivity index is 8.10. The van der Waals surface area contributed by atoms with Crippen LogP contribution in [-0.2, 0) is 20.0 Å². The minimum atomic E-state index is -6.80. The monoisotopic (exact) mass is 527 g/mol. The first-order chi connectivity index (χ1) is 11.6. The van der Waals surface area contributed by atoms with E-state index < -0.39 is 64.0 Å². The Morgan fingerprint density at radius 1 is 0.536 bits per heavy atom. The summed E-state index contributed by atoms with van der Waals surface area (Å²) in [7, 11) is -23.2. The molecule has 0 fully saturated rings. The smallest absolute Gasteiger partial charge is 0.202 e. The van der Waals surface area contributed by atoms with Crippen LogP contribution in [0.25, 0.3) is 0 Å². The van der Waals surface area contributed by atoms with E-state index in [1.54, 1.807) is 0 Å². The summed E-state index contributed by atoms with van der Waals surface area (Å²) >= 11 is 0. The quantitative estimate of drug-likeness (QED) is 0.384. The molecule has 28 heavy (non-hydrogen) atoms. The maximum absolute atomic E-state index is 13.5. The molecule has 0 rings (SSSR count). The summed E-state index contributed by atoms with van der Waals surface area (Å²) in [6.45, 7) is 8.87. The van der Waals surface area contributed by atoms with Gasteiger partial charge in [-0.3, -0.25) is 0 Å². The third-order valence-electron chi connectivity index (χ3n) is 4.55. The first-order valence-corrected chi connectivity index (χ1v) is 26.4. The second-order valence-electron chi connectivity index (χ2n) is 9.56. The Bertz CT molecular complexity index is 724. The fourth-order valence-corrected chi connectivity index (χ4v) is 126. The van der Waals surface area contributed by atoms with Crippen LogP contribution >= 0.6 is 0 Å². The van der Waals surface area contributed by atoms with E-state index in [1.165, 1.54) is 58.9 Å². The van der Waals surface area contributed by atoms with Gasteiger partial charge in [0.15, 0.2) is 0 Å². The highest BCUT2D eigenvalue weighted by Crippen LogP contribution is 2.48. The minimum Gasteiger partial charge on any atom is -0.202 e. The molecule has 0 aromatic rings. The molecule has 0 aromatic heterocycles. The fraction of sp³-hybridized carbons (Fsp3) is 1.00. The predicted octanol–water partition coefficient (Wildman–Crippen LogP) is 4.18. The second kappa shape index (κ2) is 7.18. The molecule has 0 spiro atoms. The van der Waals surface area contributed by atoms with Crippen LogP contribution in [0.5, 0.6) is 0 Å². The zero-order chi connectivity index (χ0) is 23.6. The van der Waals surface area contributed by atoms with Crippen LogP contribution < -0.4 is 0 Å². The molecule has 0 heterocycles. The molecule has 0 aromatic carbocycles. The van der Waals surface area contributed by atoms with Crippen LogP contribution in [-0.4, -0.2) is 60.8 Å². The molecule has 17 heteroatoms. The van der Waals surface area contributed by atoms with E-state index in [1.807, 2.05) is 0 Å². The van der Waals surface area contributed by atoms with Crippen molar-refractivity contribution in [1.82, 2.24) is 3.38 Å². The first-order valence-electron chi connectivity index (χ1n) is 8.05. The number of halogens is 6. The van der Waals surface area contributed by atoms with E-state index >= 15 is 0 Å². The van der Waals surface area contributed by atoms with Crippen molar-refractivity contribution in [2.45, 2.75) is 69.9 Å². The largest absolute Gasteiger partial charge is 0.511 e. The molecule has 0 aliphatic carbocycles. The van der Waals surface area contributed by atoms with Crippen molar-refractivity contribution in [1.29, 1.82) is 0 Å². The Morgan fingerprint density at radius 2 is 0.714 bits per heavy atom. The van der Waals surface area contributed by atoms with Gasteiger partial charge >= 0.3 is 31.1 Å². The molecular weight excluding hydrogens is 501 g/mol. The summed E-state index contributed by atoms with van der Waals surface area (Å²) in [6, 6.07) is 0. The zero-order valence-corrected chi connectivity index (χ0v) is 22.8. The molecule has 0 atom stereocenters. The average Bonchev–Trinajstić information content (AvgIpc) is 2.26. The lowest BCUT2D eigenvalue weighted by Crippen LogP contribution is -2.91. The van der Waals surface area contributed by atoms with Crippen molar-refractivity contribution >= 4 is 49.6 Å². The summed E-state index contributed by atoms with van der Waals surface area (Å²) in [5.41, 5.74) is -12.4. The first kappa shape index (κ1) is 28.3. The summed E-state index contributed by atoms with van der Waals surface area (Å²) in [4.78, 5) is 0. The second-order valence-corrected chi connectivity index (χ2v) is 53.9. The number of alkyl halides is 6. The summed E-state index contributed by atoms with van der Waals surface area (Å²) in [5, 5.41) is 0. The lowest BCUT2D eigenvalue weighted by atomic mass is 11.6. The summed E-state index contributed by atoms with van der Waals surface area (Å²) < 4.78 is 130. The highest BCUT2D eigenvalue weighted by Gasteiger charge is 2.77. The van der Waals surface area contributed by atoms with E-state index in [-0.39, 0.29) is 0 Å². The number of hydrogen-bond donors (Lipinski definition) is 0. The van der Waals surface area contributed by atoms with Crippen molar-refractivity contribution in [3.8, 4) is 0 Å². The minimum absolute atomic E-state index is 1.00. The number of rotatable bonds is 6. The standard InChI is InChI=1S/C11H27F6NO4S2Si4/c1-25(2,3)28(26(4,5)6,27(7,8)9)18(23(19,20)10(12,13)14)24(21,22)11(15,16)17/h1-9H3. The average molecular weight is 528 g/mol. The van der Waals surface area contributed by atoms with E-state index in [4.69, 9.17) is 0 Å². The molecule has 0 unspecified atom stereocenters. The van der Waals surface area contributed by atoms with Crippen molar-refractivity contribution < 1.29 is 43.2 Å². The van der Waals surface area contributed by atoms with Crippen LogP contribution in [0.15, 0.2) is 0 Å². The van der Waals surface area contributed by atoms with Gasteiger partial charge in [-0.1, -0.05) is 58.9 Å². The summed E-state index contributed by atoms with van der Waals surface area (Å²) in [5.74, 6) is 0. The third kappa shape index (κ3) is 4.20. The SMILES string of the molecule is C[Si](C)(C)[Si](N(S(=O)(=O)C(F)(F)F)S(=O)(=O)C(F)(F)F)([Si](C)(C)C)[Si](C)(C)C. The van der Waals surface area contributed by atoms with Crippen LogP contribution in [0.2, 0.25) is 58.9 Å². The van der Waals surface area contributed by atoms with Crippen LogP contribution in [0.1, 0.15) is 0 Å². The highest BCUT2D eigenvalue weighted by atomic mass is 32.3. The van der Waals surface area contributed by atoms with Gasteiger partial charge in [0.2, 0.25) is 0 Å². The fourth-order valence-electron chi connectivity index (χ4n) is 4.87. The normalized spacial score (nSPS) is 16.6. The highest BCUT2D eigenvalue weighted by molar-refractivity contribution is 8.12. The maximum Gasteiger partial charge on any atom is 0.511 e. The molecule has 0 saturated carbocycles. The van der Waals surface area contributed by atoms with Gasteiger partial charge in [0.25, 0.3) is 0 Å². The molecular formula is C11H27F6NO4S2Si4. The third-order valence-corrected chi connectivity index (χ3v) is 82.9. The number of hydrogen-bond acceptors (Lipinski definition) is 4. The molecule has 0 aliphatic heterocycles. The lowest BCUT2D eigenvalue weighted by Gasteiger charge is -2.59. The zero-order valence-electron chi connectivity index (χ0n) is 17.2. The van der Waals surface area contributed by atoms with Gasteiger partial charge in [0.1, 0.15) is 6.79 Å². The predicted molar refractivity (Wildman–Crippen MR) is 108 cm³/mol. The molecule has 0 aliphatic rings. The van der Waals surface area contributed by atoms with Gasteiger partial charge in [0, 0.05) is 0 Å². The van der Waals surface area contributed by atoms with Crippen molar-refractivity contribution in [3.05, 3.63) is 0 Å². The van der Waals surface area contributed by atoms with Gasteiger partial charge in [-0.25, -0.2) is 16.8 Å². The van der Waals surface area contributed by atoms with Gasteiger partial charge < -0.3 is 0 Å². The maximum atomic E-state index is 13.5. The number of sulfonamides is 2. The van der Waals surface area contributed by atoms with E-state index in [2.05, 4.69) is 0 Å².